The van der Waals surface area contributed by atoms with Crippen LogP contribution in [0.4, 0.5) is 0 Å². The SMILES string of the molecule is Cn1nc(C(C)(C)C)cc1C(=O)N1CCN(S(=O)(=O)c2cccs2)C1C(=O)NC1CCC(N)CC1. The fourth-order valence-corrected chi connectivity index (χ4v) is 7.25. The molecule has 3 heterocycles. The van der Waals surface area contributed by atoms with Gasteiger partial charge in [0.05, 0.1) is 5.69 Å². The Hall–Kier alpha value is -2.28. The van der Waals surface area contributed by atoms with Crippen molar-refractivity contribution in [3.05, 3.63) is 35.0 Å². The van der Waals surface area contributed by atoms with E-state index in [2.05, 4.69) is 10.4 Å². The maximum atomic E-state index is 13.7. The summed E-state index contributed by atoms with van der Waals surface area (Å²) in [6.45, 7) is 6.14. The van der Waals surface area contributed by atoms with Crippen LogP contribution in [0.25, 0.3) is 0 Å². The normalized spacial score (nSPS) is 24.0. The zero-order valence-electron chi connectivity index (χ0n) is 20.6. The zero-order chi connectivity index (χ0) is 25.5. The minimum atomic E-state index is -3.96. The second-order valence-electron chi connectivity index (χ2n) is 10.3. The molecule has 2 aromatic heterocycles. The molecule has 2 fully saturated rings. The van der Waals surface area contributed by atoms with Gasteiger partial charge in [0.2, 0.25) is 0 Å². The van der Waals surface area contributed by atoms with Crippen LogP contribution in [-0.4, -0.2) is 70.6 Å². The quantitative estimate of drug-likeness (QED) is 0.614. The van der Waals surface area contributed by atoms with Crippen molar-refractivity contribution in [2.75, 3.05) is 13.1 Å². The van der Waals surface area contributed by atoms with Gasteiger partial charge in [0.25, 0.3) is 21.8 Å². The molecular formula is C23H34N6O4S2. The number of amides is 2. The van der Waals surface area contributed by atoms with Gasteiger partial charge in [-0.05, 0) is 43.2 Å². The Morgan fingerprint density at radius 2 is 1.86 bits per heavy atom. The summed E-state index contributed by atoms with van der Waals surface area (Å²) in [4.78, 5) is 28.6. The summed E-state index contributed by atoms with van der Waals surface area (Å²) in [6.07, 6.45) is 1.75. The second-order valence-corrected chi connectivity index (χ2v) is 13.4. The molecule has 0 spiro atoms. The van der Waals surface area contributed by atoms with E-state index in [0.717, 1.165) is 47.0 Å². The molecular weight excluding hydrogens is 488 g/mol. The molecule has 0 radical (unpaired) electrons. The average Bonchev–Trinajstić information content (AvgIpc) is 3.54. The molecule has 10 nitrogen and oxygen atoms in total. The summed E-state index contributed by atoms with van der Waals surface area (Å²) in [5.74, 6) is -0.917. The number of hydrogen-bond donors (Lipinski definition) is 2. The van der Waals surface area contributed by atoms with Crippen molar-refractivity contribution in [2.24, 2.45) is 12.8 Å². The first-order valence-corrected chi connectivity index (χ1v) is 14.2. The molecule has 1 aliphatic heterocycles. The lowest BCUT2D eigenvalue weighted by atomic mass is 9.92. The van der Waals surface area contributed by atoms with Gasteiger partial charge in [0, 0.05) is 37.6 Å². The third-order valence-electron chi connectivity index (χ3n) is 6.67. The van der Waals surface area contributed by atoms with E-state index in [-0.39, 0.29) is 34.8 Å². The second kappa shape index (κ2) is 9.64. The number of aryl methyl sites for hydroxylation is 1. The molecule has 1 aliphatic carbocycles. The van der Waals surface area contributed by atoms with E-state index in [9.17, 15) is 18.0 Å². The summed E-state index contributed by atoms with van der Waals surface area (Å²) in [5, 5.41) is 9.15. The molecule has 4 rings (SSSR count). The van der Waals surface area contributed by atoms with Crippen LogP contribution >= 0.6 is 11.3 Å². The number of rotatable bonds is 5. The van der Waals surface area contributed by atoms with Crippen LogP contribution in [0, 0.1) is 0 Å². The number of nitrogens with one attached hydrogen (secondary N) is 1. The number of thiophene rings is 1. The molecule has 1 saturated heterocycles. The highest BCUT2D eigenvalue weighted by atomic mass is 32.2. The van der Waals surface area contributed by atoms with Crippen molar-refractivity contribution in [1.82, 2.24) is 24.3 Å². The summed E-state index contributed by atoms with van der Waals surface area (Å²) in [7, 11) is -2.28. The monoisotopic (exact) mass is 522 g/mol. The summed E-state index contributed by atoms with van der Waals surface area (Å²) in [6, 6.07) is 4.90. The van der Waals surface area contributed by atoms with Gasteiger partial charge in [0.15, 0.2) is 6.17 Å². The van der Waals surface area contributed by atoms with Crippen molar-refractivity contribution < 1.29 is 18.0 Å². The molecule has 2 aromatic rings. The Balaban J connectivity index is 1.66. The van der Waals surface area contributed by atoms with Gasteiger partial charge in [-0.25, -0.2) is 8.42 Å². The molecule has 1 atom stereocenters. The molecule has 192 valence electrons. The number of carbonyl (C=O) groups excluding carboxylic acids is 2. The Kier molecular flexibility index (Phi) is 7.11. The van der Waals surface area contributed by atoms with E-state index < -0.39 is 28.0 Å². The summed E-state index contributed by atoms with van der Waals surface area (Å²) < 4.78 is 29.7. The highest BCUT2D eigenvalue weighted by molar-refractivity contribution is 7.91. The van der Waals surface area contributed by atoms with Gasteiger partial charge in [-0.2, -0.15) is 9.40 Å². The van der Waals surface area contributed by atoms with Gasteiger partial charge >= 0.3 is 0 Å². The fourth-order valence-electron chi connectivity index (χ4n) is 4.59. The smallest absolute Gasteiger partial charge is 0.273 e. The third-order valence-corrected chi connectivity index (χ3v) is 9.89. The maximum Gasteiger partial charge on any atom is 0.273 e. The molecule has 2 aliphatic rings. The van der Waals surface area contributed by atoms with Crippen molar-refractivity contribution in [3.8, 4) is 0 Å². The van der Waals surface area contributed by atoms with Gasteiger partial charge in [-0.3, -0.25) is 14.3 Å². The number of sulfonamides is 1. The van der Waals surface area contributed by atoms with Gasteiger partial charge in [-0.1, -0.05) is 26.8 Å². The lowest BCUT2D eigenvalue weighted by Gasteiger charge is -2.32. The van der Waals surface area contributed by atoms with E-state index >= 15 is 0 Å². The van der Waals surface area contributed by atoms with E-state index in [1.54, 1.807) is 24.6 Å². The highest BCUT2D eigenvalue weighted by Crippen LogP contribution is 2.30. The van der Waals surface area contributed by atoms with Gasteiger partial charge in [-0.15, -0.1) is 11.3 Å². The molecule has 3 N–H and O–H groups in total. The Morgan fingerprint density at radius 3 is 2.43 bits per heavy atom. The molecule has 35 heavy (non-hydrogen) atoms. The molecule has 0 aromatic carbocycles. The van der Waals surface area contributed by atoms with Crippen molar-refractivity contribution in [1.29, 1.82) is 0 Å². The zero-order valence-corrected chi connectivity index (χ0v) is 22.2. The predicted octanol–water partition coefficient (Wildman–Crippen LogP) is 1.64. The van der Waals surface area contributed by atoms with Crippen LogP contribution in [0.2, 0.25) is 0 Å². The lowest BCUT2D eigenvalue weighted by molar-refractivity contribution is -0.128. The highest BCUT2D eigenvalue weighted by Gasteiger charge is 2.48. The lowest BCUT2D eigenvalue weighted by Crippen LogP contribution is -2.56. The standard InChI is InChI=1S/C23H34N6O4S2/c1-23(2,3)18-14-17(27(4)26-18)22(31)28-11-12-29(35(32,33)19-6-5-13-34-19)21(28)20(30)25-16-9-7-15(24)8-10-16/h5-6,13-16,21H,7-12,24H2,1-4H3,(H,25,30). The van der Waals surface area contributed by atoms with Crippen molar-refractivity contribution >= 4 is 33.2 Å². The molecule has 1 saturated carbocycles. The molecule has 1 unspecified atom stereocenters. The van der Waals surface area contributed by atoms with Crippen LogP contribution in [0.5, 0.6) is 0 Å². The third kappa shape index (κ3) is 5.16. The van der Waals surface area contributed by atoms with Crippen LogP contribution < -0.4 is 11.1 Å². The minimum absolute atomic E-state index is 0.0313. The number of carbonyl (C=O) groups is 2. The Labute approximate surface area is 210 Å². The molecule has 12 heteroatoms. The molecule has 0 bridgehead atoms. The number of aromatic nitrogens is 2. The largest absolute Gasteiger partial charge is 0.350 e. The maximum absolute atomic E-state index is 13.7. The Bertz CT molecular complexity index is 1180. The minimum Gasteiger partial charge on any atom is -0.350 e. The average molecular weight is 523 g/mol. The van der Waals surface area contributed by atoms with E-state index in [0.29, 0.717) is 5.69 Å². The van der Waals surface area contributed by atoms with Crippen molar-refractivity contribution in [3.63, 3.8) is 0 Å². The van der Waals surface area contributed by atoms with Crippen LogP contribution in [0.3, 0.4) is 0 Å². The fraction of sp³-hybridized carbons (Fsp3) is 0.609. The first-order chi connectivity index (χ1) is 16.4. The van der Waals surface area contributed by atoms with E-state index in [1.165, 1.54) is 15.6 Å². The number of nitrogens with zero attached hydrogens (tertiary/aromatic N) is 4. The predicted molar refractivity (Wildman–Crippen MR) is 133 cm³/mol. The number of hydrogen-bond acceptors (Lipinski definition) is 7. The first kappa shape index (κ1) is 25.8. The Morgan fingerprint density at radius 1 is 1.17 bits per heavy atom. The molecule has 2 amide bonds. The van der Waals surface area contributed by atoms with E-state index in [1.807, 2.05) is 20.8 Å². The van der Waals surface area contributed by atoms with Crippen molar-refractivity contribution in [2.45, 2.75) is 74.3 Å². The summed E-state index contributed by atoms with van der Waals surface area (Å²) in [5.41, 5.74) is 6.78. The summed E-state index contributed by atoms with van der Waals surface area (Å²) >= 11 is 1.09. The van der Waals surface area contributed by atoms with E-state index in [4.69, 9.17) is 5.73 Å². The van der Waals surface area contributed by atoms with Gasteiger partial charge < -0.3 is 16.0 Å². The van der Waals surface area contributed by atoms with Crippen LogP contribution in [0.15, 0.2) is 27.8 Å². The van der Waals surface area contributed by atoms with Crippen LogP contribution in [-0.2, 0) is 27.3 Å². The number of nitrogens with two attached hydrogens (primary N) is 1. The van der Waals surface area contributed by atoms with Gasteiger partial charge in [0.1, 0.15) is 9.90 Å². The van der Waals surface area contributed by atoms with Crippen LogP contribution in [0.1, 0.15) is 62.6 Å². The first-order valence-electron chi connectivity index (χ1n) is 11.9. The topological polar surface area (TPSA) is 131 Å².